The van der Waals surface area contributed by atoms with Gasteiger partial charge in [-0.15, -0.1) is 9.46 Å². The average Bonchev–Trinajstić information content (AvgIpc) is 3.17. The molecule has 0 saturated heterocycles. The minimum atomic E-state index is -4.90. The van der Waals surface area contributed by atoms with Gasteiger partial charge < -0.3 is 30.1 Å². The monoisotopic (exact) mass is 440 g/mol. The van der Waals surface area contributed by atoms with Crippen LogP contribution in [0.3, 0.4) is 0 Å². The van der Waals surface area contributed by atoms with E-state index in [0.717, 1.165) is 30.3 Å². The summed E-state index contributed by atoms with van der Waals surface area (Å²) in [6.45, 7) is 0. The van der Waals surface area contributed by atoms with Gasteiger partial charge in [0.05, 0.1) is 16.0 Å². The largest absolute Gasteiger partial charge is 0.492 e. The Bertz CT molecular complexity index is 1140. The standard InChI is InChI=1S/C16H12N2O11S/c19-11-1-2-12(20)17(11)28-15(23)8-5-9(7-10(6-8)30(25,26)27)16(24)29-18-13(21)3-4-14(18)22/h1-7,19-22H,(H,25,26,27). The first-order chi connectivity index (χ1) is 14.0. The van der Waals surface area contributed by atoms with E-state index in [0.29, 0.717) is 21.6 Å². The Kier molecular flexibility index (Phi) is 5.03. The number of carbonyl (C=O) groups excluding carboxylic acids is 2. The van der Waals surface area contributed by atoms with Gasteiger partial charge in [0.2, 0.25) is 23.5 Å². The molecule has 0 aliphatic heterocycles. The zero-order valence-corrected chi connectivity index (χ0v) is 15.3. The smallest absolute Gasteiger partial charge is 0.364 e. The highest BCUT2D eigenvalue weighted by Crippen LogP contribution is 2.22. The van der Waals surface area contributed by atoms with Crippen molar-refractivity contribution in [1.82, 2.24) is 9.46 Å². The predicted octanol–water partition coefficient (Wildman–Crippen LogP) is -0.103. The number of carbonyl (C=O) groups is 2. The molecule has 3 aromatic rings. The molecule has 13 nitrogen and oxygen atoms in total. The lowest BCUT2D eigenvalue weighted by atomic mass is 10.1. The topological polar surface area (TPSA) is 198 Å². The molecule has 0 spiro atoms. The number of benzene rings is 1. The van der Waals surface area contributed by atoms with Crippen molar-refractivity contribution in [2.75, 3.05) is 0 Å². The fourth-order valence-electron chi connectivity index (χ4n) is 2.25. The lowest BCUT2D eigenvalue weighted by molar-refractivity contribution is 0.0376. The SMILES string of the molecule is O=C(On1c(O)ccc1O)c1cc(C(=O)On2c(O)ccc2O)cc(S(=O)(=O)O)c1. The number of hydrogen-bond acceptors (Lipinski definition) is 10. The van der Waals surface area contributed by atoms with Crippen LogP contribution in [0.1, 0.15) is 20.7 Å². The van der Waals surface area contributed by atoms with E-state index >= 15 is 0 Å². The summed E-state index contributed by atoms with van der Waals surface area (Å²) in [5.74, 6) is -5.31. The van der Waals surface area contributed by atoms with Crippen LogP contribution in [0, 0.1) is 0 Å². The molecular formula is C16H12N2O11S. The maximum absolute atomic E-state index is 12.3. The number of rotatable bonds is 5. The van der Waals surface area contributed by atoms with Crippen molar-refractivity contribution >= 4 is 22.1 Å². The first kappa shape index (κ1) is 20.6. The van der Waals surface area contributed by atoms with E-state index in [-0.39, 0.29) is 0 Å². The molecule has 1 aromatic carbocycles. The summed E-state index contributed by atoms with van der Waals surface area (Å²) in [6.07, 6.45) is 0. The molecule has 2 heterocycles. The average molecular weight is 440 g/mol. The highest BCUT2D eigenvalue weighted by molar-refractivity contribution is 7.85. The third kappa shape index (κ3) is 3.98. The van der Waals surface area contributed by atoms with Crippen LogP contribution in [-0.2, 0) is 10.1 Å². The maximum atomic E-state index is 12.3. The maximum Gasteiger partial charge on any atom is 0.364 e. The quantitative estimate of drug-likeness (QED) is 0.332. The van der Waals surface area contributed by atoms with Gasteiger partial charge in [-0.3, -0.25) is 4.55 Å². The van der Waals surface area contributed by atoms with Gasteiger partial charge in [0.15, 0.2) is 0 Å². The summed E-state index contributed by atoms with van der Waals surface area (Å²) in [4.78, 5) is 33.2. The van der Waals surface area contributed by atoms with Crippen LogP contribution in [0.25, 0.3) is 0 Å². The van der Waals surface area contributed by atoms with Gasteiger partial charge in [0.25, 0.3) is 10.1 Å². The van der Waals surface area contributed by atoms with E-state index in [9.17, 15) is 43.0 Å². The van der Waals surface area contributed by atoms with Crippen molar-refractivity contribution in [3.8, 4) is 23.5 Å². The fraction of sp³-hybridized carbons (Fsp3) is 0. The van der Waals surface area contributed by atoms with E-state index < -0.39 is 61.6 Å². The number of aromatic nitrogens is 2. The summed E-state index contributed by atoms with van der Waals surface area (Å²) >= 11 is 0. The number of hydrogen-bond donors (Lipinski definition) is 5. The molecule has 5 N–H and O–H groups in total. The molecule has 158 valence electrons. The molecule has 0 bridgehead atoms. The highest BCUT2D eigenvalue weighted by Gasteiger charge is 2.23. The second kappa shape index (κ2) is 7.34. The van der Waals surface area contributed by atoms with Crippen LogP contribution in [0.4, 0.5) is 0 Å². The van der Waals surface area contributed by atoms with Gasteiger partial charge in [-0.1, -0.05) is 0 Å². The molecule has 14 heteroatoms. The third-order valence-electron chi connectivity index (χ3n) is 3.62. The second-order valence-corrected chi connectivity index (χ2v) is 7.09. The van der Waals surface area contributed by atoms with Crippen molar-refractivity contribution in [2.24, 2.45) is 0 Å². The molecule has 3 rings (SSSR count). The first-order valence-electron chi connectivity index (χ1n) is 7.74. The molecule has 0 amide bonds. The molecule has 0 saturated carbocycles. The van der Waals surface area contributed by atoms with Gasteiger partial charge in [-0.05, 0) is 18.2 Å². The van der Waals surface area contributed by atoms with Crippen LogP contribution in [0.5, 0.6) is 23.5 Å². The number of nitrogens with zero attached hydrogens (tertiary/aromatic N) is 2. The lowest BCUT2D eigenvalue weighted by Gasteiger charge is -2.10. The van der Waals surface area contributed by atoms with Gasteiger partial charge in [-0.25, -0.2) is 9.59 Å². The van der Waals surface area contributed by atoms with Crippen LogP contribution in [-0.4, -0.2) is 54.8 Å². The summed E-state index contributed by atoms with van der Waals surface area (Å²) in [6, 6.07) is 6.13. The van der Waals surface area contributed by atoms with Gasteiger partial charge in [0, 0.05) is 24.3 Å². The molecule has 30 heavy (non-hydrogen) atoms. The number of aromatic hydroxyl groups is 4. The Morgan fingerprint density at radius 3 is 1.33 bits per heavy atom. The Morgan fingerprint density at radius 1 is 0.700 bits per heavy atom. The van der Waals surface area contributed by atoms with Gasteiger partial charge in [0.1, 0.15) is 0 Å². The summed E-state index contributed by atoms with van der Waals surface area (Å²) in [5.41, 5.74) is -1.18. The molecule has 2 aromatic heterocycles. The van der Waals surface area contributed by atoms with E-state index in [1.165, 1.54) is 0 Å². The summed E-state index contributed by atoms with van der Waals surface area (Å²) < 4.78 is 32.9. The predicted molar refractivity (Wildman–Crippen MR) is 93.6 cm³/mol. The third-order valence-corrected chi connectivity index (χ3v) is 4.45. The van der Waals surface area contributed by atoms with Crippen LogP contribution < -0.4 is 9.68 Å². The molecule has 0 aliphatic rings. The Hall–Kier alpha value is -4.17. The Morgan fingerprint density at radius 2 is 1.03 bits per heavy atom. The molecule has 0 aliphatic carbocycles. The fourth-order valence-corrected chi connectivity index (χ4v) is 2.80. The van der Waals surface area contributed by atoms with Crippen molar-refractivity contribution in [2.45, 2.75) is 4.90 Å². The second-order valence-electron chi connectivity index (χ2n) is 5.67. The van der Waals surface area contributed by atoms with E-state index in [1.54, 1.807) is 0 Å². The van der Waals surface area contributed by atoms with E-state index in [4.69, 9.17) is 9.68 Å². The van der Waals surface area contributed by atoms with Crippen molar-refractivity contribution < 1.29 is 52.7 Å². The summed E-state index contributed by atoms with van der Waals surface area (Å²) in [5, 5.41) is 38.1. The first-order valence-corrected chi connectivity index (χ1v) is 9.18. The van der Waals surface area contributed by atoms with Crippen LogP contribution in [0.15, 0.2) is 47.4 Å². The zero-order valence-electron chi connectivity index (χ0n) is 14.5. The van der Waals surface area contributed by atoms with Crippen molar-refractivity contribution in [1.29, 1.82) is 0 Å². The minimum Gasteiger partial charge on any atom is -0.492 e. The normalized spacial score (nSPS) is 11.2. The van der Waals surface area contributed by atoms with Gasteiger partial charge in [-0.2, -0.15) is 8.42 Å². The van der Waals surface area contributed by atoms with Crippen LogP contribution >= 0.6 is 0 Å². The van der Waals surface area contributed by atoms with E-state index in [2.05, 4.69) is 0 Å². The lowest BCUT2D eigenvalue weighted by Crippen LogP contribution is -2.22. The Labute approximate surface area is 166 Å². The Balaban J connectivity index is 2.00. The van der Waals surface area contributed by atoms with Gasteiger partial charge >= 0.3 is 11.9 Å². The van der Waals surface area contributed by atoms with E-state index in [1.807, 2.05) is 0 Å². The molecule has 0 atom stereocenters. The molecule has 0 fully saturated rings. The highest BCUT2D eigenvalue weighted by atomic mass is 32.2. The van der Waals surface area contributed by atoms with Crippen LogP contribution in [0.2, 0.25) is 0 Å². The van der Waals surface area contributed by atoms with Crippen molar-refractivity contribution in [3.05, 3.63) is 53.6 Å². The van der Waals surface area contributed by atoms with Crippen molar-refractivity contribution in [3.63, 3.8) is 0 Å². The molecule has 0 unspecified atom stereocenters. The molecule has 0 radical (unpaired) electrons. The molecular weight excluding hydrogens is 428 g/mol. The zero-order chi connectivity index (χ0) is 22.2. The summed E-state index contributed by atoms with van der Waals surface area (Å²) in [7, 11) is -4.90. The minimum absolute atomic E-state index is 0.316.